The Morgan fingerprint density at radius 3 is 2.23 bits per heavy atom. The van der Waals surface area contributed by atoms with Gasteiger partial charge in [0.1, 0.15) is 0 Å². The molecule has 2 nitrogen and oxygen atoms in total. The first kappa shape index (κ1) is 19.9. The zero-order chi connectivity index (χ0) is 27.8. The zero-order valence-corrected chi connectivity index (χ0v) is 23.3. The maximum absolute atomic E-state index is 10.9. The molecule has 0 spiro atoms. The van der Waals surface area contributed by atoms with Crippen molar-refractivity contribution >= 4 is 92.6 Å². The molecular formula is C42H18N2. The fourth-order valence-electron chi connectivity index (χ4n) is 13.4. The summed E-state index contributed by atoms with van der Waals surface area (Å²) >= 11 is 0. The van der Waals surface area contributed by atoms with Crippen LogP contribution in [0.5, 0.6) is 0 Å². The van der Waals surface area contributed by atoms with Crippen LogP contribution in [-0.4, -0.2) is 0 Å². The van der Waals surface area contributed by atoms with Crippen LogP contribution in [0.25, 0.3) is 92.6 Å². The van der Waals surface area contributed by atoms with Gasteiger partial charge in [-0.3, -0.25) is 0 Å². The van der Waals surface area contributed by atoms with E-state index in [4.69, 9.17) is 0 Å². The lowest BCUT2D eigenvalue weighted by molar-refractivity contribution is 0.343. The summed E-state index contributed by atoms with van der Waals surface area (Å²) in [6.07, 6.45) is 10.0. The van der Waals surface area contributed by atoms with Crippen LogP contribution in [0.15, 0.2) is 54.6 Å². The lowest BCUT2D eigenvalue weighted by Crippen LogP contribution is -2.33. The molecule has 8 unspecified atom stereocenters. The highest BCUT2D eigenvalue weighted by molar-refractivity contribution is 6.53. The van der Waals surface area contributed by atoms with E-state index in [1.165, 1.54) is 91.8 Å². The maximum atomic E-state index is 10.9. The Morgan fingerprint density at radius 1 is 0.523 bits per heavy atom. The Kier molecular flexibility index (Phi) is 2.47. The molecule has 1 saturated carbocycles. The lowest BCUT2D eigenvalue weighted by atomic mass is 9.64. The SMILES string of the molecule is N#CC1C2=c3c4c5c6c7c8cc9c(cccc%10c8C8C=6C6C(C=CC2C46)C8C=C%10)c2ccc4c(c3c3c4c2c9c7c53)C1C#N. The Morgan fingerprint density at radius 2 is 1.32 bits per heavy atom. The van der Waals surface area contributed by atoms with Crippen molar-refractivity contribution in [2.75, 3.05) is 0 Å². The summed E-state index contributed by atoms with van der Waals surface area (Å²) < 4.78 is 0. The molecule has 1 fully saturated rings. The van der Waals surface area contributed by atoms with E-state index in [2.05, 4.69) is 72.8 Å². The van der Waals surface area contributed by atoms with Crippen molar-refractivity contribution in [2.24, 2.45) is 29.6 Å². The number of hydrogen-bond donors (Lipinski definition) is 0. The van der Waals surface area contributed by atoms with Crippen molar-refractivity contribution in [1.29, 1.82) is 10.5 Å². The van der Waals surface area contributed by atoms with E-state index in [9.17, 15) is 10.5 Å². The fraction of sp³-hybridized carbons (Fsp3) is 0.190. The smallest absolute Gasteiger partial charge is 0.0921 e. The second kappa shape index (κ2) is 5.47. The molecule has 8 aromatic rings. The molecule has 0 amide bonds. The van der Waals surface area contributed by atoms with Crippen LogP contribution in [-0.2, 0) is 0 Å². The van der Waals surface area contributed by atoms with Crippen LogP contribution in [0.4, 0.5) is 0 Å². The summed E-state index contributed by atoms with van der Waals surface area (Å²) in [5.41, 5.74) is 8.62. The van der Waals surface area contributed by atoms with Gasteiger partial charge in [0.25, 0.3) is 0 Å². The quantitative estimate of drug-likeness (QED) is 0.143. The third-order valence-electron chi connectivity index (χ3n) is 14.2. The zero-order valence-electron chi connectivity index (χ0n) is 23.3. The Labute approximate surface area is 249 Å². The standard InChI is InChI=1S/C42H18N2/c43-11-22-23(12-44)26-19-9-7-17-16-5-4-13-2-1-3-14-15-6-8-18-25(22)34-35(26)39-31(19)29(17)36-27(16)24(13)21-10-20(14)32-28(15)30(18)38(34)41-37(32)33(21)40(36)42(39)41/h1-10,16-17,19,22-23,27,29,31H. The van der Waals surface area contributed by atoms with E-state index < -0.39 is 11.8 Å². The number of allylic oxidation sites excluding steroid dienone is 3. The van der Waals surface area contributed by atoms with E-state index in [0.29, 0.717) is 29.6 Å². The Bertz CT molecular complexity index is 3170. The molecule has 2 heteroatoms. The van der Waals surface area contributed by atoms with Crippen LogP contribution >= 0.6 is 0 Å². The van der Waals surface area contributed by atoms with Crippen molar-refractivity contribution in [3.8, 4) is 12.1 Å². The molecule has 0 N–H and O–H groups in total. The molecule has 8 atom stereocenters. The summed E-state index contributed by atoms with van der Waals surface area (Å²) in [4.78, 5) is 0. The first-order chi connectivity index (χ1) is 21.8. The van der Waals surface area contributed by atoms with Gasteiger partial charge in [0.05, 0.1) is 24.0 Å². The molecule has 8 aromatic carbocycles. The number of fused-ring (bicyclic) bond motifs is 4. The lowest BCUT2D eigenvalue weighted by Gasteiger charge is -2.39. The van der Waals surface area contributed by atoms with Gasteiger partial charge in [-0.05, 0) is 143 Å². The molecule has 0 aromatic heterocycles. The largest absolute Gasteiger partial charge is 0.198 e. The van der Waals surface area contributed by atoms with Crippen molar-refractivity contribution in [2.45, 2.75) is 17.8 Å². The van der Waals surface area contributed by atoms with Crippen LogP contribution in [0, 0.1) is 52.3 Å². The Hall–Kier alpha value is -5.18. The predicted molar refractivity (Wildman–Crippen MR) is 175 cm³/mol. The average Bonchev–Trinajstić information content (AvgIpc) is 3.83. The van der Waals surface area contributed by atoms with Crippen molar-refractivity contribution < 1.29 is 0 Å². The minimum atomic E-state index is -0.443. The molecule has 2 bridgehead atoms. The van der Waals surface area contributed by atoms with Crippen molar-refractivity contribution in [3.05, 3.63) is 87.3 Å². The number of nitriles is 2. The monoisotopic (exact) mass is 550 g/mol. The molecule has 196 valence electrons. The molecule has 7 aliphatic carbocycles. The van der Waals surface area contributed by atoms with E-state index in [1.807, 2.05) is 0 Å². The minimum absolute atomic E-state index is 0.204. The van der Waals surface area contributed by atoms with Gasteiger partial charge in [0.2, 0.25) is 0 Å². The third kappa shape index (κ3) is 1.46. The van der Waals surface area contributed by atoms with Crippen molar-refractivity contribution in [3.63, 3.8) is 0 Å². The molecule has 15 rings (SSSR count). The second-order valence-corrected chi connectivity index (χ2v) is 15.0. The number of rotatable bonds is 0. The number of hydrogen-bond acceptors (Lipinski definition) is 2. The van der Waals surface area contributed by atoms with Crippen LogP contribution in [0.2, 0.25) is 0 Å². The third-order valence-corrected chi connectivity index (χ3v) is 14.2. The highest BCUT2D eigenvalue weighted by atomic mass is 14.6. The highest BCUT2D eigenvalue weighted by Crippen LogP contribution is 2.70. The van der Waals surface area contributed by atoms with Gasteiger partial charge in [-0.25, -0.2) is 0 Å². The van der Waals surface area contributed by atoms with E-state index in [0.717, 1.165) is 5.56 Å². The summed E-state index contributed by atoms with van der Waals surface area (Å²) in [6, 6.07) is 19.7. The summed E-state index contributed by atoms with van der Waals surface area (Å²) in [5.74, 6) is 1.51. The minimum Gasteiger partial charge on any atom is -0.198 e. The molecule has 0 saturated heterocycles. The highest BCUT2D eigenvalue weighted by Gasteiger charge is 2.60. The number of benzene rings is 4. The van der Waals surface area contributed by atoms with Gasteiger partial charge in [0, 0.05) is 17.8 Å². The summed E-state index contributed by atoms with van der Waals surface area (Å²) in [5, 5.41) is 44.4. The van der Waals surface area contributed by atoms with Gasteiger partial charge in [-0.15, -0.1) is 0 Å². The summed E-state index contributed by atoms with van der Waals surface area (Å²) in [7, 11) is 0. The molecular weight excluding hydrogens is 532 g/mol. The average molecular weight is 551 g/mol. The second-order valence-electron chi connectivity index (χ2n) is 15.0. The maximum Gasteiger partial charge on any atom is 0.0921 e. The van der Waals surface area contributed by atoms with Crippen LogP contribution in [0.3, 0.4) is 0 Å². The molecule has 0 heterocycles. The number of nitrogens with zero attached hydrogens (tertiary/aromatic N) is 2. The van der Waals surface area contributed by atoms with E-state index in [-0.39, 0.29) is 5.92 Å². The Balaban J connectivity index is 1.45. The molecule has 7 aliphatic rings. The topological polar surface area (TPSA) is 47.6 Å². The first-order valence-electron chi connectivity index (χ1n) is 16.2. The van der Waals surface area contributed by atoms with E-state index >= 15 is 0 Å². The predicted octanol–water partition coefficient (Wildman–Crippen LogP) is 7.86. The summed E-state index contributed by atoms with van der Waals surface area (Å²) in [6.45, 7) is 0. The van der Waals surface area contributed by atoms with Gasteiger partial charge in [-0.2, -0.15) is 10.5 Å². The van der Waals surface area contributed by atoms with Crippen molar-refractivity contribution in [1.82, 2.24) is 0 Å². The first-order valence-corrected chi connectivity index (χ1v) is 16.2. The van der Waals surface area contributed by atoms with Gasteiger partial charge in [-0.1, -0.05) is 54.6 Å². The molecule has 44 heavy (non-hydrogen) atoms. The molecule has 0 radical (unpaired) electrons. The van der Waals surface area contributed by atoms with Gasteiger partial charge in [0.15, 0.2) is 0 Å². The fourth-order valence-corrected chi connectivity index (χ4v) is 13.4. The van der Waals surface area contributed by atoms with E-state index in [1.54, 1.807) is 21.9 Å². The molecule has 0 aliphatic heterocycles. The van der Waals surface area contributed by atoms with Crippen LogP contribution in [0.1, 0.15) is 40.0 Å². The van der Waals surface area contributed by atoms with Gasteiger partial charge >= 0.3 is 0 Å². The normalized spacial score (nSPS) is 32.2. The van der Waals surface area contributed by atoms with Crippen LogP contribution < -0.4 is 10.4 Å². The van der Waals surface area contributed by atoms with Gasteiger partial charge < -0.3 is 0 Å².